The van der Waals surface area contributed by atoms with Crippen molar-refractivity contribution in [3.8, 4) is 0 Å². The maximum Gasteiger partial charge on any atom is 0.134 e. The molecular weight excluding hydrogens is 184 g/mol. The third-order valence-corrected chi connectivity index (χ3v) is 2.23. The number of hydrogen-bond acceptors (Lipinski definition) is 2. The highest BCUT2D eigenvalue weighted by atomic mass is 15.0. The molecule has 0 amide bonds. The zero-order valence-corrected chi connectivity index (χ0v) is 8.83. The van der Waals surface area contributed by atoms with Gasteiger partial charge in [-0.15, -0.1) is 0 Å². The first-order valence-electron chi connectivity index (χ1n) is 4.99. The maximum absolute atomic E-state index is 4.33. The van der Waals surface area contributed by atoms with Crippen molar-refractivity contribution in [2.24, 2.45) is 0 Å². The molecule has 0 aliphatic carbocycles. The van der Waals surface area contributed by atoms with Crippen LogP contribution in [0.25, 0.3) is 10.8 Å². The number of fused-ring (bicyclic) bond motifs is 1. The quantitative estimate of drug-likeness (QED) is 0.766. The molecule has 0 unspecified atom stereocenters. The molecule has 1 aromatic carbocycles. The lowest BCUT2D eigenvalue weighted by Gasteiger charge is -2.07. The Morgan fingerprint density at radius 1 is 1.33 bits per heavy atom. The van der Waals surface area contributed by atoms with Gasteiger partial charge in [-0.05, 0) is 18.4 Å². The summed E-state index contributed by atoms with van der Waals surface area (Å²) >= 11 is 0. The first-order valence-corrected chi connectivity index (χ1v) is 4.99. The minimum Gasteiger partial charge on any atom is -0.366 e. The number of nitrogens with one attached hydrogen (secondary N) is 1. The van der Waals surface area contributed by atoms with Crippen LogP contribution in [0.4, 0.5) is 5.82 Å². The average Bonchev–Trinajstić information content (AvgIpc) is 2.26. The minimum absolute atomic E-state index is 0.765. The van der Waals surface area contributed by atoms with Gasteiger partial charge in [0.05, 0.1) is 0 Å². The van der Waals surface area contributed by atoms with Crippen LogP contribution in [0.3, 0.4) is 0 Å². The summed E-state index contributed by atoms with van der Waals surface area (Å²) in [5.41, 5.74) is 1.10. The van der Waals surface area contributed by atoms with Gasteiger partial charge in [-0.3, -0.25) is 0 Å². The van der Waals surface area contributed by atoms with Gasteiger partial charge >= 0.3 is 0 Å². The van der Waals surface area contributed by atoms with Crippen LogP contribution in [0.1, 0.15) is 6.92 Å². The molecule has 0 saturated carbocycles. The summed E-state index contributed by atoms with van der Waals surface area (Å²) in [6.45, 7) is 6.62. The van der Waals surface area contributed by atoms with E-state index in [9.17, 15) is 0 Å². The van der Waals surface area contributed by atoms with Crippen LogP contribution in [0, 0.1) is 0 Å². The van der Waals surface area contributed by atoms with E-state index in [0.29, 0.717) is 0 Å². The highest BCUT2D eigenvalue weighted by Crippen LogP contribution is 2.20. The van der Waals surface area contributed by atoms with E-state index in [1.807, 2.05) is 31.3 Å². The fourth-order valence-electron chi connectivity index (χ4n) is 1.50. The molecule has 2 nitrogen and oxygen atoms in total. The zero-order valence-electron chi connectivity index (χ0n) is 8.83. The minimum atomic E-state index is 0.765. The molecule has 1 heterocycles. The van der Waals surface area contributed by atoms with E-state index in [0.717, 1.165) is 23.3 Å². The fraction of sp³-hybridized carbons (Fsp3) is 0.154. The molecule has 2 rings (SSSR count). The van der Waals surface area contributed by atoms with E-state index in [1.165, 1.54) is 5.39 Å². The Balaban J connectivity index is 2.38. The lowest BCUT2D eigenvalue weighted by atomic mass is 10.1. The van der Waals surface area contributed by atoms with Crippen molar-refractivity contribution in [1.29, 1.82) is 0 Å². The highest BCUT2D eigenvalue weighted by molar-refractivity contribution is 5.91. The Kier molecular flexibility index (Phi) is 2.68. The van der Waals surface area contributed by atoms with Gasteiger partial charge in [0, 0.05) is 18.1 Å². The van der Waals surface area contributed by atoms with E-state index in [-0.39, 0.29) is 0 Å². The Morgan fingerprint density at radius 3 is 2.93 bits per heavy atom. The second kappa shape index (κ2) is 4.13. The monoisotopic (exact) mass is 198 g/mol. The van der Waals surface area contributed by atoms with Crippen molar-refractivity contribution < 1.29 is 0 Å². The van der Waals surface area contributed by atoms with Crippen LogP contribution in [0.5, 0.6) is 0 Å². The first kappa shape index (κ1) is 9.71. The molecule has 0 radical (unpaired) electrons. The van der Waals surface area contributed by atoms with Gasteiger partial charge in [0.1, 0.15) is 5.82 Å². The maximum atomic E-state index is 4.33. The summed E-state index contributed by atoms with van der Waals surface area (Å²) in [5, 5.41) is 5.64. The third kappa shape index (κ3) is 2.15. The third-order valence-electron chi connectivity index (χ3n) is 2.23. The van der Waals surface area contributed by atoms with Crippen LogP contribution >= 0.6 is 0 Å². The van der Waals surface area contributed by atoms with Crippen molar-refractivity contribution >= 4 is 16.6 Å². The summed E-state index contributed by atoms with van der Waals surface area (Å²) < 4.78 is 0. The van der Waals surface area contributed by atoms with Crippen LogP contribution in [-0.4, -0.2) is 11.5 Å². The Morgan fingerprint density at radius 2 is 2.13 bits per heavy atom. The number of pyridine rings is 1. The molecule has 15 heavy (non-hydrogen) atoms. The molecule has 0 spiro atoms. The second-order valence-electron chi connectivity index (χ2n) is 3.69. The van der Waals surface area contributed by atoms with E-state index in [2.05, 4.69) is 29.0 Å². The summed E-state index contributed by atoms with van der Waals surface area (Å²) in [6, 6.07) is 10.2. The lowest BCUT2D eigenvalue weighted by molar-refractivity contribution is 1.18. The average molecular weight is 198 g/mol. The number of benzene rings is 1. The predicted octanol–water partition coefficient (Wildman–Crippen LogP) is 3.22. The number of anilines is 1. The zero-order chi connectivity index (χ0) is 10.7. The van der Waals surface area contributed by atoms with Crippen molar-refractivity contribution in [1.82, 2.24) is 4.98 Å². The second-order valence-corrected chi connectivity index (χ2v) is 3.69. The van der Waals surface area contributed by atoms with Gasteiger partial charge < -0.3 is 5.32 Å². The van der Waals surface area contributed by atoms with Crippen molar-refractivity contribution in [2.45, 2.75) is 6.92 Å². The van der Waals surface area contributed by atoms with Gasteiger partial charge in [0.2, 0.25) is 0 Å². The van der Waals surface area contributed by atoms with E-state index in [4.69, 9.17) is 0 Å². The van der Waals surface area contributed by atoms with Crippen molar-refractivity contribution in [2.75, 3.05) is 11.9 Å². The number of hydrogen-bond donors (Lipinski definition) is 1. The molecule has 1 N–H and O–H groups in total. The smallest absolute Gasteiger partial charge is 0.134 e. The number of aromatic nitrogens is 1. The predicted molar refractivity (Wildman–Crippen MR) is 65.0 cm³/mol. The molecule has 0 saturated heterocycles. The summed E-state index contributed by atoms with van der Waals surface area (Å²) in [7, 11) is 0. The van der Waals surface area contributed by atoms with E-state index >= 15 is 0 Å². The van der Waals surface area contributed by atoms with Gasteiger partial charge in [-0.2, -0.15) is 0 Å². The first-order chi connectivity index (χ1) is 7.27. The highest BCUT2D eigenvalue weighted by Gasteiger charge is 1.99. The molecule has 0 aliphatic rings. The fourth-order valence-corrected chi connectivity index (χ4v) is 1.50. The summed E-state index contributed by atoms with van der Waals surface area (Å²) in [5.74, 6) is 0.927. The lowest BCUT2D eigenvalue weighted by Crippen LogP contribution is -2.03. The van der Waals surface area contributed by atoms with Crippen LogP contribution < -0.4 is 5.32 Å². The van der Waals surface area contributed by atoms with Crippen molar-refractivity contribution in [3.05, 3.63) is 48.7 Å². The largest absolute Gasteiger partial charge is 0.366 e. The molecule has 0 fully saturated rings. The number of nitrogens with zero attached hydrogens (tertiary/aromatic N) is 1. The summed E-state index contributed by atoms with van der Waals surface area (Å²) in [6.07, 6.45) is 1.82. The van der Waals surface area contributed by atoms with E-state index in [1.54, 1.807) is 0 Å². The SMILES string of the molecule is C=C(C)CNc1nccc2ccccc12. The number of rotatable bonds is 3. The van der Waals surface area contributed by atoms with E-state index < -0.39 is 0 Å². The molecule has 76 valence electrons. The standard InChI is InChI=1S/C13H14N2/c1-10(2)9-15-13-12-6-4-3-5-11(12)7-8-14-13/h3-8H,1,9H2,2H3,(H,14,15). The van der Waals surface area contributed by atoms with Crippen LogP contribution in [0.2, 0.25) is 0 Å². The molecule has 0 bridgehead atoms. The van der Waals surface area contributed by atoms with Gasteiger partial charge in [0.25, 0.3) is 0 Å². The topological polar surface area (TPSA) is 24.9 Å². The molecular formula is C13H14N2. The van der Waals surface area contributed by atoms with Gasteiger partial charge in [-0.25, -0.2) is 4.98 Å². The molecule has 0 atom stereocenters. The molecule has 2 heteroatoms. The van der Waals surface area contributed by atoms with Crippen LogP contribution in [-0.2, 0) is 0 Å². The van der Waals surface area contributed by atoms with Crippen LogP contribution in [0.15, 0.2) is 48.7 Å². The Bertz CT molecular complexity index is 483. The van der Waals surface area contributed by atoms with Gasteiger partial charge in [-0.1, -0.05) is 36.4 Å². The van der Waals surface area contributed by atoms with Gasteiger partial charge in [0.15, 0.2) is 0 Å². The van der Waals surface area contributed by atoms with Crippen molar-refractivity contribution in [3.63, 3.8) is 0 Å². The normalized spacial score (nSPS) is 10.2. The molecule has 1 aromatic heterocycles. The molecule has 2 aromatic rings. The Hall–Kier alpha value is -1.83. The Labute approximate surface area is 89.7 Å². The molecule has 0 aliphatic heterocycles. The summed E-state index contributed by atoms with van der Waals surface area (Å²) in [4.78, 5) is 4.33.